The highest BCUT2D eigenvalue weighted by Gasteiger charge is 2.29. The molecule has 1 unspecified atom stereocenters. The minimum absolute atomic E-state index is 0.129. The number of hydrogen-bond acceptors (Lipinski definition) is 4. The number of halogens is 2. The summed E-state index contributed by atoms with van der Waals surface area (Å²) in [6.45, 7) is 1.66. The van der Waals surface area contributed by atoms with Gasteiger partial charge in [0.05, 0.1) is 6.04 Å². The van der Waals surface area contributed by atoms with Crippen LogP contribution in [0.5, 0.6) is 0 Å². The summed E-state index contributed by atoms with van der Waals surface area (Å²) in [7, 11) is 1.45. The first-order valence-corrected chi connectivity index (χ1v) is 11.0. The average Bonchev–Trinajstić information content (AvgIpc) is 3.70. The van der Waals surface area contributed by atoms with Crippen LogP contribution in [0.4, 0.5) is 14.5 Å². The van der Waals surface area contributed by atoms with Gasteiger partial charge in [0.2, 0.25) is 5.89 Å². The Hall–Kier alpha value is -3.22. The molecule has 7 heteroatoms. The van der Waals surface area contributed by atoms with Gasteiger partial charge in [-0.05, 0) is 85.4 Å². The van der Waals surface area contributed by atoms with E-state index in [1.54, 1.807) is 6.92 Å². The minimum atomic E-state index is -0.714. The molecule has 1 atom stereocenters. The number of anilines is 1. The van der Waals surface area contributed by atoms with Gasteiger partial charge in [0.1, 0.15) is 23.6 Å². The number of rotatable bonds is 7. The second kappa shape index (κ2) is 8.04. The standard InChI is InChI=1S/C25H25F2N3O2/c1-13(16-10-20(26)23(28-2)21(27)11-16)29-24(31)22-12-32-25(30-22)19-8-17(14-3-4-14)7-18(9-19)15-5-6-15/h7-15,28H,3-6H2,1-2H3,(H,29,31). The summed E-state index contributed by atoms with van der Waals surface area (Å²) in [5, 5.41) is 5.22. The quantitative estimate of drug-likeness (QED) is 0.482. The lowest BCUT2D eigenvalue weighted by Gasteiger charge is -2.15. The number of hydrogen-bond donors (Lipinski definition) is 2. The maximum Gasteiger partial charge on any atom is 0.273 e. The molecule has 1 aromatic heterocycles. The molecule has 0 radical (unpaired) electrons. The van der Waals surface area contributed by atoms with Crippen LogP contribution in [0.1, 0.15) is 77.7 Å². The molecule has 32 heavy (non-hydrogen) atoms. The molecule has 1 heterocycles. The minimum Gasteiger partial charge on any atom is -0.444 e. The van der Waals surface area contributed by atoms with Crippen molar-refractivity contribution in [1.29, 1.82) is 0 Å². The first-order valence-electron chi connectivity index (χ1n) is 11.0. The molecule has 5 nitrogen and oxygen atoms in total. The van der Waals surface area contributed by atoms with Crippen molar-refractivity contribution in [2.45, 2.75) is 50.5 Å². The van der Waals surface area contributed by atoms with Crippen LogP contribution in [0, 0.1) is 11.6 Å². The molecule has 166 valence electrons. The summed E-state index contributed by atoms with van der Waals surface area (Å²) >= 11 is 0. The number of carbonyl (C=O) groups excluding carboxylic acids is 1. The molecule has 0 spiro atoms. The van der Waals surface area contributed by atoms with Crippen molar-refractivity contribution in [3.8, 4) is 11.5 Å². The monoisotopic (exact) mass is 437 g/mol. The zero-order chi connectivity index (χ0) is 22.4. The first-order chi connectivity index (χ1) is 15.4. The molecule has 2 aliphatic rings. The van der Waals surface area contributed by atoms with E-state index in [-0.39, 0.29) is 11.4 Å². The summed E-state index contributed by atoms with van der Waals surface area (Å²) in [6.07, 6.45) is 6.16. The smallest absolute Gasteiger partial charge is 0.273 e. The molecule has 2 fully saturated rings. The Morgan fingerprint density at radius 3 is 2.16 bits per heavy atom. The zero-order valence-electron chi connectivity index (χ0n) is 18.0. The Balaban J connectivity index is 1.34. The lowest BCUT2D eigenvalue weighted by molar-refractivity contribution is 0.0934. The molecular formula is C25H25F2N3O2. The Morgan fingerprint density at radius 2 is 1.62 bits per heavy atom. The predicted molar refractivity (Wildman–Crippen MR) is 118 cm³/mol. The third-order valence-electron chi connectivity index (χ3n) is 6.22. The van der Waals surface area contributed by atoms with E-state index in [2.05, 4.69) is 33.8 Å². The number of amides is 1. The SMILES string of the molecule is CNc1c(F)cc(C(C)NC(=O)c2coc(-c3cc(C4CC4)cc(C4CC4)c3)n2)cc1F. The summed E-state index contributed by atoms with van der Waals surface area (Å²) in [4.78, 5) is 17.1. The average molecular weight is 437 g/mol. The van der Waals surface area contributed by atoms with Crippen LogP contribution >= 0.6 is 0 Å². The lowest BCUT2D eigenvalue weighted by atomic mass is 10.00. The molecule has 2 saturated carbocycles. The van der Waals surface area contributed by atoms with E-state index in [0.717, 1.165) is 5.56 Å². The lowest BCUT2D eigenvalue weighted by Crippen LogP contribution is -2.27. The molecule has 5 rings (SSSR count). The van der Waals surface area contributed by atoms with E-state index in [1.807, 2.05) is 0 Å². The number of nitrogens with one attached hydrogen (secondary N) is 2. The van der Waals surface area contributed by atoms with Crippen LogP contribution < -0.4 is 10.6 Å². The summed E-state index contributed by atoms with van der Waals surface area (Å²) in [5.41, 5.74) is 3.77. The van der Waals surface area contributed by atoms with Gasteiger partial charge in [0.15, 0.2) is 5.69 Å². The molecule has 2 aliphatic carbocycles. The van der Waals surface area contributed by atoms with Crippen LogP contribution in [-0.4, -0.2) is 17.9 Å². The van der Waals surface area contributed by atoms with Crippen molar-refractivity contribution in [1.82, 2.24) is 10.3 Å². The Bertz CT molecular complexity index is 1130. The molecule has 0 aliphatic heterocycles. The number of nitrogens with zero attached hydrogens (tertiary/aromatic N) is 1. The van der Waals surface area contributed by atoms with E-state index in [4.69, 9.17) is 4.42 Å². The van der Waals surface area contributed by atoms with Gasteiger partial charge in [0.25, 0.3) is 5.91 Å². The van der Waals surface area contributed by atoms with Crippen molar-refractivity contribution < 1.29 is 18.0 Å². The Morgan fingerprint density at radius 1 is 1.03 bits per heavy atom. The number of carbonyl (C=O) groups is 1. The fourth-order valence-corrected chi connectivity index (χ4v) is 4.05. The Kier molecular flexibility index (Phi) is 5.19. The number of benzene rings is 2. The largest absolute Gasteiger partial charge is 0.444 e. The van der Waals surface area contributed by atoms with Crippen LogP contribution in [0.25, 0.3) is 11.5 Å². The van der Waals surface area contributed by atoms with Crippen LogP contribution in [0.2, 0.25) is 0 Å². The van der Waals surface area contributed by atoms with Crippen molar-refractivity contribution in [2.24, 2.45) is 0 Å². The summed E-state index contributed by atoms with van der Waals surface area (Å²) in [5.74, 6) is -0.264. The highest BCUT2D eigenvalue weighted by atomic mass is 19.1. The van der Waals surface area contributed by atoms with Crippen molar-refractivity contribution in [3.05, 3.63) is 70.6 Å². The van der Waals surface area contributed by atoms with Crippen molar-refractivity contribution in [2.75, 3.05) is 12.4 Å². The van der Waals surface area contributed by atoms with Gasteiger partial charge in [-0.3, -0.25) is 4.79 Å². The highest BCUT2D eigenvalue weighted by molar-refractivity contribution is 5.92. The zero-order valence-corrected chi connectivity index (χ0v) is 18.0. The van der Waals surface area contributed by atoms with Crippen molar-refractivity contribution >= 4 is 11.6 Å². The molecule has 0 saturated heterocycles. The van der Waals surface area contributed by atoms with E-state index in [1.165, 1.54) is 62.3 Å². The van der Waals surface area contributed by atoms with Crippen LogP contribution in [-0.2, 0) is 0 Å². The van der Waals surface area contributed by atoms with Gasteiger partial charge in [-0.2, -0.15) is 0 Å². The van der Waals surface area contributed by atoms with E-state index in [9.17, 15) is 13.6 Å². The topological polar surface area (TPSA) is 67.2 Å². The van der Waals surface area contributed by atoms with E-state index >= 15 is 0 Å². The fourth-order valence-electron chi connectivity index (χ4n) is 4.05. The number of oxazole rings is 1. The van der Waals surface area contributed by atoms with Gasteiger partial charge < -0.3 is 15.1 Å². The summed E-state index contributed by atoms with van der Waals surface area (Å²) in [6, 6.07) is 8.31. The third-order valence-corrected chi connectivity index (χ3v) is 6.22. The normalized spacial score (nSPS) is 16.6. The molecule has 2 aromatic carbocycles. The van der Waals surface area contributed by atoms with E-state index < -0.39 is 23.6 Å². The maximum atomic E-state index is 14.1. The Labute approximate surface area is 185 Å². The predicted octanol–water partition coefficient (Wildman–Crippen LogP) is 5.91. The third kappa shape index (κ3) is 4.11. The molecule has 1 amide bonds. The first kappa shape index (κ1) is 20.7. The van der Waals surface area contributed by atoms with E-state index in [0.29, 0.717) is 23.3 Å². The molecule has 0 bridgehead atoms. The van der Waals surface area contributed by atoms with Crippen LogP contribution in [0.3, 0.4) is 0 Å². The molecule has 2 N–H and O–H groups in total. The van der Waals surface area contributed by atoms with Gasteiger partial charge in [-0.25, -0.2) is 13.8 Å². The van der Waals surface area contributed by atoms with Gasteiger partial charge >= 0.3 is 0 Å². The summed E-state index contributed by atoms with van der Waals surface area (Å²) < 4.78 is 33.8. The van der Waals surface area contributed by atoms with Crippen molar-refractivity contribution in [3.63, 3.8) is 0 Å². The van der Waals surface area contributed by atoms with Gasteiger partial charge in [-0.15, -0.1) is 0 Å². The fraction of sp³-hybridized carbons (Fsp3) is 0.360. The molecule has 3 aromatic rings. The maximum absolute atomic E-state index is 14.1. The molecular weight excluding hydrogens is 412 g/mol. The van der Waals surface area contributed by atoms with Gasteiger partial charge in [-0.1, -0.05) is 6.07 Å². The van der Waals surface area contributed by atoms with Gasteiger partial charge in [0, 0.05) is 12.6 Å². The second-order valence-corrected chi connectivity index (χ2v) is 8.78. The van der Waals surface area contributed by atoms with Crippen LogP contribution in [0.15, 0.2) is 41.0 Å². The number of aromatic nitrogens is 1. The second-order valence-electron chi connectivity index (χ2n) is 8.78. The highest BCUT2D eigenvalue weighted by Crippen LogP contribution is 2.46.